The van der Waals surface area contributed by atoms with Gasteiger partial charge in [0.05, 0.1) is 24.9 Å². The van der Waals surface area contributed by atoms with Gasteiger partial charge in [-0.2, -0.15) is 10.2 Å². The number of phosphoric acid groups is 1. The number of nitrogens with one attached hydrogen (secondary N) is 2. The average molecular weight is 755 g/mol. The number of carbonyl (C=O) groups excluding carboxylic acids is 3. The van der Waals surface area contributed by atoms with E-state index in [1.165, 1.54) is 17.8 Å². The molecule has 290 valence electrons. The van der Waals surface area contributed by atoms with E-state index in [0.717, 1.165) is 73.9 Å². The summed E-state index contributed by atoms with van der Waals surface area (Å²) in [5.41, 5.74) is 4.26. The van der Waals surface area contributed by atoms with Crippen LogP contribution in [0.1, 0.15) is 107 Å². The van der Waals surface area contributed by atoms with E-state index in [4.69, 9.17) is 18.3 Å². The standard InChI is InChI=1S/C38H55N6O8P/c1-7-9-21-50-53(48,51-22-10-8-2)52-24-43-27(5)34(26(4)42-43)29-15-17-32(18-16-29)40-38(47)36(35(30-11-12-30)31-13-14-31)41-37(46)33-19-20-39-44(33)25(3)23-49-28(6)45/h15-20,25,30-31,35-36H,7-14,21-24H2,1-6H3,(H,40,47)(H,41,46)/t25-,36?/m0/s1. The van der Waals surface area contributed by atoms with Gasteiger partial charge in [-0.15, -0.1) is 0 Å². The highest BCUT2D eigenvalue weighted by molar-refractivity contribution is 7.48. The quantitative estimate of drug-likeness (QED) is 0.0601. The van der Waals surface area contributed by atoms with Gasteiger partial charge >= 0.3 is 13.8 Å². The summed E-state index contributed by atoms with van der Waals surface area (Å²) in [4.78, 5) is 39.1. The van der Waals surface area contributed by atoms with Gasteiger partial charge in [-0.05, 0) is 101 Å². The number of ether oxygens (including phenoxy) is 1. The first-order chi connectivity index (χ1) is 25.4. The van der Waals surface area contributed by atoms with Gasteiger partial charge in [0.1, 0.15) is 18.3 Å². The van der Waals surface area contributed by atoms with Gasteiger partial charge in [0, 0.05) is 30.1 Å². The average Bonchev–Trinajstić information content (AvgIpc) is 4.07. The third kappa shape index (κ3) is 10.9. The highest BCUT2D eigenvalue weighted by atomic mass is 31.2. The Bertz CT molecular complexity index is 1720. The lowest BCUT2D eigenvalue weighted by Crippen LogP contribution is -2.50. The summed E-state index contributed by atoms with van der Waals surface area (Å²) in [5, 5.41) is 15.1. The van der Waals surface area contributed by atoms with Crippen molar-refractivity contribution in [2.75, 3.05) is 25.1 Å². The molecule has 2 atom stereocenters. The second kappa shape index (κ2) is 18.5. The van der Waals surface area contributed by atoms with Crippen LogP contribution < -0.4 is 10.6 Å². The minimum atomic E-state index is -3.77. The monoisotopic (exact) mass is 754 g/mol. The molecule has 2 amide bonds. The molecule has 15 heteroatoms. The number of rotatable bonds is 22. The predicted molar refractivity (Wildman–Crippen MR) is 200 cm³/mol. The number of phosphoric ester groups is 1. The molecule has 2 aliphatic rings. The molecule has 2 fully saturated rings. The Morgan fingerprint density at radius 3 is 2.13 bits per heavy atom. The van der Waals surface area contributed by atoms with Crippen LogP contribution in [0.5, 0.6) is 0 Å². The molecule has 1 aromatic carbocycles. The molecule has 2 aliphatic carbocycles. The molecular weight excluding hydrogens is 699 g/mol. The van der Waals surface area contributed by atoms with Gasteiger partial charge in [-0.25, -0.2) is 9.25 Å². The van der Waals surface area contributed by atoms with Crippen molar-refractivity contribution in [2.24, 2.45) is 17.8 Å². The van der Waals surface area contributed by atoms with E-state index >= 15 is 0 Å². The highest BCUT2D eigenvalue weighted by Gasteiger charge is 2.48. The Balaban J connectivity index is 1.28. The van der Waals surface area contributed by atoms with Crippen LogP contribution in [-0.2, 0) is 39.2 Å². The third-order valence-corrected chi connectivity index (χ3v) is 11.2. The molecule has 1 unspecified atom stereocenters. The van der Waals surface area contributed by atoms with Gasteiger partial charge in [-0.1, -0.05) is 38.8 Å². The fourth-order valence-electron chi connectivity index (χ4n) is 6.66. The Hall–Kier alpha value is -3.84. The number of carbonyl (C=O) groups is 3. The Kier molecular flexibility index (Phi) is 14.1. The molecule has 2 N–H and O–H groups in total. The van der Waals surface area contributed by atoms with E-state index in [9.17, 15) is 18.9 Å². The van der Waals surface area contributed by atoms with Gasteiger partial charge in [0.2, 0.25) is 5.91 Å². The van der Waals surface area contributed by atoms with E-state index in [2.05, 4.69) is 20.8 Å². The van der Waals surface area contributed by atoms with Gasteiger partial charge < -0.3 is 15.4 Å². The summed E-state index contributed by atoms with van der Waals surface area (Å²) in [5.74, 6) is -0.262. The number of amides is 2. The zero-order valence-corrected chi connectivity index (χ0v) is 32.7. The molecule has 2 aromatic heterocycles. The van der Waals surface area contributed by atoms with Crippen molar-refractivity contribution in [1.29, 1.82) is 0 Å². The molecule has 53 heavy (non-hydrogen) atoms. The number of hydrogen-bond acceptors (Lipinski definition) is 10. The topological polar surface area (TPSA) is 165 Å². The second-order valence-electron chi connectivity index (χ2n) is 14.2. The second-order valence-corrected chi connectivity index (χ2v) is 15.9. The lowest BCUT2D eigenvalue weighted by atomic mass is 9.88. The normalized spacial score (nSPS) is 15.7. The van der Waals surface area contributed by atoms with Crippen LogP contribution in [0, 0.1) is 31.6 Å². The van der Waals surface area contributed by atoms with Gasteiger partial charge in [-0.3, -0.25) is 32.6 Å². The Labute approximate surface area is 312 Å². The van der Waals surface area contributed by atoms with Crippen molar-refractivity contribution in [1.82, 2.24) is 24.9 Å². The number of esters is 1. The maximum atomic E-state index is 14.0. The van der Waals surface area contributed by atoms with Crippen molar-refractivity contribution in [2.45, 2.75) is 112 Å². The molecular formula is C38H55N6O8P. The number of aromatic nitrogens is 4. The fourth-order valence-corrected chi connectivity index (χ4v) is 7.84. The molecule has 0 saturated heterocycles. The smallest absolute Gasteiger partial charge is 0.464 e. The van der Waals surface area contributed by atoms with Crippen LogP contribution in [0.4, 0.5) is 5.69 Å². The molecule has 0 bridgehead atoms. The predicted octanol–water partition coefficient (Wildman–Crippen LogP) is 7.38. The molecule has 3 aromatic rings. The third-order valence-electron chi connectivity index (χ3n) is 9.79. The van der Waals surface area contributed by atoms with E-state index < -0.39 is 25.7 Å². The maximum absolute atomic E-state index is 14.0. The summed E-state index contributed by atoms with van der Waals surface area (Å²) in [6, 6.07) is 8.02. The molecule has 2 saturated carbocycles. The lowest BCUT2D eigenvalue weighted by Gasteiger charge is -2.28. The van der Waals surface area contributed by atoms with Gasteiger partial charge in [0.15, 0.2) is 6.73 Å². The number of benzene rings is 1. The molecule has 0 radical (unpaired) electrons. The first-order valence-electron chi connectivity index (χ1n) is 18.9. The Morgan fingerprint density at radius 2 is 1.57 bits per heavy atom. The van der Waals surface area contributed by atoms with Crippen LogP contribution in [0.2, 0.25) is 0 Å². The minimum Gasteiger partial charge on any atom is -0.464 e. The molecule has 14 nitrogen and oxygen atoms in total. The summed E-state index contributed by atoms with van der Waals surface area (Å²) in [6.07, 6.45) is 8.97. The van der Waals surface area contributed by atoms with E-state index in [1.54, 1.807) is 10.7 Å². The van der Waals surface area contributed by atoms with Crippen molar-refractivity contribution >= 4 is 31.3 Å². The number of nitrogens with zero attached hydrogens (tertiary/aromatic N) is 4. The zero-order chi connectivity index (χ0) is 38.1. The van der Waals surface area contributed by atoms with E-state index in [0.29, 0.717) is 23.2 Å². The number of aryl methyl sites for hydroxylation is 1. The Morgan fingerprint density at radius 1 is 0.943 bits per heavy atom. The van der Waals surface area contributed by atoms with Crippen molar-refractivity contribution in [3.8, 4) is 11.1 Å². The maximum Gasteiger partial charge on any atom is 0.476 e. The molecule has 5 rings (SSSR count). The highest BCUT2D eigenvalue weighted by Crippen LogP contribution is 2.51. The summed E-state index contributed by atoms with van der Waals surface area (Å²) in [6.45, 7) is 11.6. The SMILES string of the molecule is CCCCOP(=O)(OCCCC)OCn1nc(C)c(-c2ccc(NC(=O)C(NC(=O)c3ccnn3[C@@H](C)COC(C)=O)C(C3CC3)C3CC3)cc2)c1C. The zero-order valence-electron chi connectivity index (χ0n) is 31.8. The van der Waals surface area contributed by atoms with Crippen LogP contribution >= 0.6 is 7.82 Å². The number of hydrogen-bond donors (Lipinski definition) is 2. The van der Waals surface area contributed by atoms with E-state index in [1.807, 2.05) is 58.9 Å². The van der Waals surface area contributed by atoms with E-state index in [-0.39, 0.29) is 44.4 Å². The van der Waals surface area contributed by atoms with Crippen LogP contribution in [0.3, 0.4) is 0 Å². The molecule has 2 heterocycles. The number of unbranched alkanes of at least 4 members (excludes halogenated alkanes) is 2. The first kappa shape index (κ1) is 40.3. The van der Waals surface area contributed by atoms with Crippen LogP contribution in [-0.4, -0.2) is 63.2 Å². The largest absolute Gasteiger partial charge is 0.476 e. The van der Waals surface area contributed by atoms with Crippen LogP contribution in [0.25, 0.3) is 11.1 Å². The summed E-state index contributed by atoms with van der Waals surface area (Å²) >= 11 is 0. The van der Waals surface area contributed by atoms with Crippen LogP contribution in [0.15, 0.2) is 36.5 Å². The summed E-state index contributed by atoms with van der Waals surface area (Å²) in [7, 11) is -3.77. The number of anilines is 1. The van der Waals surface area contributed by atoms with Crippen molar-refractivity contribution in [3.05, 3.63) is 53.6 Å². The van der Waals surface area contributed by atoms with Gasteiger partial charge in [0.25, 0.3) is 5.91 Å². The van der Waals surface area contributed by atoms with Crippen molar-refractivity contribution in [3.63, 3.8) is 0 Å². The fraction of sp³-hybridized carbons (Fsp3) is 0.605. The molecule has 0 aliphatic heterocycles. The lowest BCUT2D eigenvalue weighted by molar-refractivity contribution is -0.142. The minimum absolute atomic E-state index is 0.0378. The summed E-state index contributed by atoms with van der Waals surface area (Å²) < 4.78 is 38.5. The first-order valence-corrected chi connectivity index (χ1v) is 20.4. The molecule has 0 spiro atoms. The van der Waals surface area contributed by atoms with Crippen molar-refractivity contribution < 1.29 is 37.3 Å².